The van der Waals surface area contributed by atoms with Crippen molar-refractivity contribution in [2.45, 2.75) is 84.1 Å². The molecule has 4 amide bonds. The van der Waals surface area contributed by atoms with Crippen molar-refractivity contribution in [2.75, 3.05) is 36.9 Å². The predicted molar refractivity (Wildman–Crippen MR) is 217 cm³/mol. The van der Waals surface area contributed by atoms with Gasteiger partial charge in [-0.3, -0.25) is 14.4 Å². The summed E-state index contributed by atoms with van der Waals surface area (Å²) in [6.45, 7) is 12.6. The number of nitrogens with zero attached hydrogens (tertiary/aromatic N) is 3. The van der Waals surface area contributed by atoms with E-state index in [-0.39, 0.29) is 60.2 Å². The fraction of sp³-hybridized carbons (Fsp3) is 0.415. The minimum absolute atomic E-state index is 0.0793. The summed E-state index contributed by atoms with van der Waals surface area (Å²) in [5, 5.41) is 5.96. The van der Waals surface area contributed by atoms with Crippen LogP contribution in [-0.2, 0) is 20.6 Å². The monoisotopic (exact) mass is 811 g/mol. The van der Waals surface area contributed by atoms with Crippen LogP contribution in [-0.4, -0.2) is 84.5 Å². The second kappa shape index (κ2) is 16.8. The van der Waals surface area contributed by atoms with Crippen molar-refractivity contribution in [3.63, 3.8) is 0 Å². The van der Waals surface area contributed by atoms with Gasteiger partial charge in [0.15, 0.2) is 19.9 Å². The fourth-order valence-electron chi connectivity index (χ4n) is 6.35. The number of aromatic nitrogens is 1. The molecule has 10 nitrogen and oxygen atoms in total. The number of benzene rings is 3. The molecular formula is C41H49ClF3N5O5Si. The number of hydrogen-bond acceptors (Lipinski definition) is 5. The molecule has 1 aliphatic rings. The van der Waals surface area contributed by atoms with Crippen LogP contribution < -0.4 is 10.6 Å². The van der Waals surface area contributed by atoms with Crippen molar-refractivity contribution in [3.05, 3.63) is 83.3 Å². The standard InChI is InChI=1S/C41H49ClF3N5O5Si/c1-26(24-55-56(6,7)40(3,4)5)50(22-36(52)47-34-15-10-13-30(38(34)43)29-12-8-9-14-33(29)42)37(53)23-49-21-32(27(2)51)31-20-28(16-17-35(31)49)46-39(54)48-19-11-18-41(44,45)25-48/h8-10,12-17,20-21,26H,11,18-19,22-25H2,1-7H3,(H,46,54)(H,47,52). The summed E-state index contributed by atoms with van der Waals surface area (Å²) in [4.78, 5) is 56.0. The zero-order valence-electron chi connectivity index (χ0n) is 32.8. The third-order valence-corrected chi connectivity index (χ3v) is 15.4. The van der Waals surface area contributed by atoms with E-state index >= 15 is 4.39 Å². The Balaban J connectivity index is 1.40. The zero-order chi connectivity index (χ0) is 41.2. The summed E-state index contributed by atoms with van der Waals surface area (Å²) < 4.78 is 51.8. The molecule has 3 aromatic carbocycles. The minimum Gasteiger partial charge on any atom is -0.415 e. The zero-order valence-corrected chi connectivity index (χ0v) is 34.5. The van der Waals surface area contributed by atoms with E-state index in [9.17, 15) is 28.0 Å². The minimum atomic E-state index is -2.97. The van der Waals surface area contributed by atoms with Gasteiger partial charge in [-0.2, -0.15) is 0 Å². The molecule has 0 spiro atoms. The Morgan fingerprint density at radius 3 is 2.38 bits per heavy atom. The molecule has 0 saturated carbocycles. The van der Waals surface area contributed by atoms with Crippen molar-refractivity contribution in [3.8, 4) is 11.1 Å². The lowest BCUT2D eigenvalue weighted by molar-refractivity contribution is -0.137. The molecule has 300 valence electrons. The van der Waals surface area contributed by atoms with Crippen LogP contribution in [0.4, 0.5) is 29.3 Å². The van der Waals surface area contributed by atoms with Crippen LogP contribution in [0, 0.1) is 5.82 Å². The molecule has 15 heteroatoms. The number of carbonyl (C=O) groups is 4. The first-order valence-corrected chi connectivity index (χ1v) is 21.8. The SMILES string of the molecule is CC(=O)c1cn(CC(=O)N(CC(=O)Nc2cccc(-c3ccccc3Cl)c2F)C(C)CO[Si](C)(C)C(C)(C)C)c2ccc(NC(=O)N3CCCC(F)(F)C3)cc12. The highest BCUT2D eigenvalue weighted by molar-refractivity contribution is 6.74. The molecule has 1 saturated heterocycles. The maximum atomic E-state index is 15.8. The highest BCUT2D eigenvalue weighted by Gasteiger charge is 2.39. The van der Waals surface area contributed by atoms with Gasteiger partial charge in [0.25, 0.3) is 5.92 Å². The number of amides is 4. The highest BCUT2D eigenvalue weighted by atomic mass is 35.5. The van der Waals surface area contributed by atoms with Crippen LogP contribution in [0.1, 0.15) is 57.8 Å². The number of Topliss-reactive ketones (excluding diaryl/α,β-unsaturated/α-hetero) is 1. The molecule has 56 heavy (non-hydrogen) atoms. The van der Waals surface area contributed by atoms with Gasteiger partial charge >= 0.3 is 6.03 Å². The molecule has 1 aliphatic heterocycles. The summed E-state index contributed by atoms with van der Waals surface area (Å²) in [6, 6.07) is 14.9. The number of alkyl halides is 2. The third kappa shape index (κ3) is 9.82. The van der Waals surface area contributed by atoms with Gasteiger partial charge in [0, 0.05) is 57.5 Å². The number of urea groups is 1. The number of fused-ring (bicyclic) bond motifs is 1. The Bertz CT molecular complexity index is 2140. The number of piperidine rings is 1. The first-order chi connectivity index (χ1) is 26.2. The molecule has 0 radical (unpaired) electrons. The van der Waals surface area contributed by atoms with Crippen molar-refractivity contribution in [1.82, 2.24) is 14.4 Å². The second-order valence-corrected chi connectivity index (χ2v) is 21.1. The fourth-order valence-corrected chi connectivity index (χ4v) is 7.68. The Morgan fingerprint density at radius 1 is 1.02 bits per heavy atom. The summed E-state index contributed by atoms with van der Waals surface area (Å²) in [5.74, 6) is -5.05. The number of ketones is 1. The van der Waals surface area contributed by atoms with E-state index in [1.165, 1.54) is 24.1 Å². The molecule has 1 atom stereocenters. The lowest BCUT2D eigenvalue weighted by Crippen LogP contribution is -2.49. The number of anilines is 2. The normalized spacial score (nSPS) is 15.0. The first kappa shape index (κ1) is 42.5. The van der Waals surface area contributed by atoms with E-state index < -0.39 is 57.0 Å². The second-order valence-electron chi connectivity index (χ2n) is 15.9. The van der Waals surface area contributed by atoms with E-state index in [2.05, 4.69) is 44.5 Å². The molecule has 1 fully saturated rings. The lowest BCUT2D eigenvalue weighted by atomic mass is 10.0. The topological polar surface area (TPSA) is 113 Å². The van der Waals surface area contributed by atoms with Crippen LogP contribution >= 0.6 is 11.6 Å². The first-order valence-electron chi connectivity index (χ1n) is 18.5. The number of likely N-dealkylation sites (tertiary alicyclic amines) is 1. The van der Waals surface area contributed by atoms with E-state index in [1.54, 1.807) is 66.1 Å². The van der Waals surface area contributed by atoms with Crippen LogP contribution in [0.15, 0.2) is 66.9 Å². The summed E-state index contributed by atoms with van der Waals surface area (Å²) >= 11 is 6.34. The van der Waals surface area contributed by atoms with Crippen LogP contribution in [0.25, 0.3) is 22.0 Å². The predicted octanol–water partition coefficient (Wildman–Crippen LogP) is 9.44. The van der Waals surface area contributed by atoms with Crippen LogP contribution in [0.3, 0.4) is 0 Å². The van der Waals surface area contributed by atoms with Gasteiger partial charge in [0.2, 0.25) is 11.8 Å². The molecule has 1 aromatic heterocycles. The molecule has 0 aliphatic carbocycles. The van der Waals surface area contributed by atoms with E-state index in [0.717, 1.165) is 4.90 Å². The lowest BCUT2D eigenvalue weighted by Gasteiger charge is -2.38. The molecule has 2 heterocycles. The Hall–Kier alpha value is -4.66. The quantitative estimate of drug-likeness (QED) is 0.109. The van der Waals surface area contributed by atoms with Gasteiger partial charge in [0.1, 0.15) is 13.1 Å². The van der Waals surface area contributed by atoms with Gasteiger partial charge in [0.05, 0.1) is 24.9 Å². The Labute approximate surface area is 331 Å². The Morgan fingerprint density at radius 2 is 1.71 bits per heavy atom. The van der Waals surface area contributed by atoms with Gasteiger partial charge in [-0.25, -0.2) is 18.0 Å². The van der Waals surface area contributed by atoms with Gasteiger partial charge < -0.3 is 29.4 Å². The summed E-state index contributed by atoms with van der Waals surface area (Å²) in [7, 11) is -2.27. The van der Waals surface area contributed by atoms with Gasteiger partial charge in [-0.1, -0.05) is 62.7 Å². The van der Waals surface area contributed by atoms with Crippen molar-refractivity contribution in [2.24, 2.45) is 0 Å². The summed E-state index contributed by atoms with van der Waals surface area (Å²) in [5.41, 5.74) is 1.66. The Kier molecular flexibility index (Phi) is 12.8. The smallest absolute Gasteiger partial charge is 0.322 e. The number of hydrogen-bond donors (Lipinski definition) is 2. The number of rotatable bonds is 12. The number of halogens is 4. The highest BCUT2D eigenvalue weighted by Crippen LogP contribution is 2.37. The molecule has 0 bridgehead atoms. The van der Waals surface area contributed by atoms with Crippen molar-refractivity contribution >= 4 is 65.8 Å². The molecule has 5 rings (SSSR count). The van der Waals surface area contributed by atoms with Crippen molar-refractivity contribution < 1.29 is 36.8 Å². The molecule has 2 N–H and O–H groups in total. The number of nitrogens with one attached hydrogen (secondary N) is 2. The summed E-state index contributed by atoms with van der Waals surface area (Å²) in [6.07, 6.45) is 1.43. The average Bonchev–Trinajstić information content (AvgIpc) is 3.47. The van der Waals surface area contributed by atoms with E-state index in [4.69, 9.17) is 16.0 Å². The molecular weight excluding hydrogens is 763 g/mol. The molecule has 4 aromatic rings. The van der Waals surface area contributed by atoms with Gasteiger partial charge in [-0.15, -0.1) is 0 Å². The largest absolute Gasteiger partial charge is 0.415 e. The van der Waals surface area contributed by atoms with Crippen molar-refractivity contribution in [1.29, 1.82) is 0 Å². The van der Waals surface area contributed by atoms with Crippen LogP contribution in [0.2, 0.25) is 23.2 Å². The third-order valence-electron chi connectivity index (χ3n) is 10.6. The average molecular weight is 812 g/mol. The maximum Gasteiger partial charge on any atom is 0.322 e. The van der Waals surface area contributed by atoms with E-state index in [0.29, 0.717) is 27.2 Å². The number of carbonyl (C=O) groups excluding carboxylic acids is 4. The van der Waals surface area contributed by atoms with Crippen LogP contribution in [0.5, 0.6) is 0 Å². The van der Waals surface area contributed by atoms with E-state index in [1.807, 2.05) is 0 Å². The van der Waals surface area contributed by atoms with Gasteiger partial charge in [-0.05, 0) is 68.7 Å². The maximum absolute atomic E-state index is 15.8. The molecule has 1 unspecified atom stereocenters.